The Kier molecular flexibility index (Phi) is 3.43. The van der Waals surface area contributed by atoms with Crippen LogP contribution < -0.4 is 5.32 Å². The summed E-state index contributed by atoms with van der Waals surface area (Å²) in [7, 11) is 0. The van der Waals surface area contributed by atoms with Crippen molar-refractivity contribution in [3.05, 3.63) is 12.2 Å². The number of aliphatic carboxylic acids is 1. The van der Waals surface area contributed by atoms with Gasteiger partial charge in [0.15, 0.2) is 0 Å². The fourth-order valence-corrected chi connectivity index (χ4v) is 5.48. The maximum absolute atomic E-state index is 12.6. The standard InChI is InChI=1S/C18H26N2O3/c1-18-10-20(9-15(18)12-2-5-13(18)8-12)17(23)19-14-6-3-11(4-7-14)16(21)22/h2,5,11-15H,3-4,6-10H2,1H3,(H,19,23)(H,21,22)/t11?,12-,13+,14?,15?,18+/m1/s1. The monoisotopic (exact) mass is 318 g/mol. The fraction of sp³-hybridized carbons (Fsp3) is 0.778. The normalized spacial score (nSPS) is 44.4. The summed E-state index contributed by atoms with van der Waals surface area (Å²) >= 11 is 0. The molecule has 0 spiro atoms. The lowest BCUT2D eigenvalue weighted by Crippen LogP contribution is -2.46. The molecular formula is C18H26N2O3. The molecule has 23 heavy (non-hydrogen) atoms. The summed E-state index contributed by atoms with van der Waals surface area (Å²) in [6.07, 6.45) is 8.90. The number of carboxylic acids is 1. The zero-order valence-electron chi connectivity index (χ0n) is 13.7. The van der Waals surface area contributed by atoms with Gasteiger partial charge in [-0.1, -0.05) is 19.1 Å². The molecule has 5 nitrogen and oxygen atoms in total. The number of likely N-dealkylation sites (tertiary alicyclic amines) is 1. The van der Waals surface area contributed by atoms with Crippen molar-refractivity contribution >= 4 is 12.0 Å². The second-order valence-electron chi connectivity index (χ2n) is 8.22. The lowest BCUT2D eigenvalue weighted by molar-refractivity contribution is -0.142. The average Bonchev–Trinajstić information content (AvgIpc) is 3.18. The number of allylic oxidation sites excluding steroid dienone is 2. The molecule has 4 rings (SSSR count). The van der Waals surface area contributed by atoms with Gasteiger partial charge in [0.2, 0.25) is 0 Å². The second kappa shape index (κ2) is 5.25. The van der Waals surface area contributed by atoms with Crippen LogP contribution in [-0.4, -0.2) is 41.1 Å². The number of nitrogens with zero attached hydrogens (tertiary/aromatic N) is 1. The molecule has 3 fully saturated rings. The number of carbonyl (C=O) groups excluding carboxylic acids is 1. The third-order valence-electron chi connectivity index (χ3n) is 6.97. The molecule has 4 atom stereocenters. The van der Waals surface area contributed by atoms with Crippen molar-refractivity contribution in [2.45, 2.75) is 45.1 Å². The summed E-state index contributed by atoms with van der Waals surface area (Å²) in [6.45, 7) is 4.08. The maximum atomic E-state index is 12.6. The van der Waals surface area contributed by atoms with Gasteiger partial charge in [-0.3, -0.25) is 4.79 Å². The molecule has 5 heteroatoms. The predicted octanol–water partition coefficient (Wildman–Crippen LogP) is 2.48. The van der Waals surface area contributed by atoms with Crippen LogP contribution in [0.1, 0.15) is 39.0 Å². The number of rotatable bonds is 2. The van der Waals surface area contributed by atoms with Crippen LogP contribution in [0.3, 0.4) is 0 Å². The number of nitrogens with one attached hydrogen (secondary N) is 1. The Morgan fingerprint density at radius 3 is 2.61 bits per heavy atom. The lowest BCUT2D eigenvalue weighted by atomic mass is 9.72. The molecule has 2 saturated carbocycles. The van der Waals surface area contributed by atoms with Crippen molar-refractivity contribution in [3.63, 3.8) is 0 Å². The Labute approximate surface area is 137 Å². The van der Waals surface area contributed by atoms with E-state index in [1.807, 2.05) is 4.90 Å². The molecule has 2 N–H and O–H groups in total. The SMILES string of the molecule is C[C@@]12CN(C(=O)NC3CCC(C(=O)O)CC3)CC1[C@@H]1C=C[C@H]2C1. The number of urea groups is 1. The van der Waals surface area contributed by atoms with Gasteiger partial charge in [-0.15, -0.1) is 0 Å². The van der Waals surface area contributed by atoms with Crippen molar-refractivity contribution in [2.75, 3.05) is 13.1 Å². The van der Waals surface area contributed by atoms with Gasteiger partial charge in [-0.05, 0) is 55.3 Å². The van der Waals surface area contributed by atoms with Gasteiger partial charge in [0.05, 0.1) is 5.92 Å². The summed E-state index contributed by atoms with van der Waals surface area (Å²) in [6, 6.07) is 0.194. The average molecular weight is 318 g/mol. The van der Waals surface area contributed by atoms with Gasteiger partial charge >= 0.3 is 12.0 Å². The third-order valence-corrected chi connectivity index (χ3v) is 6.97. The van der Waals surface area contributed by atoms with E-state index >= 15 is 0 Å². The molecule has 1 aliphatic heterocycles. The van der Waals surface area contributed by atoms with Gasteiger partial charge in [0.1, 0.15) is 0 Å². The van der Waals surface area contributed by atoms with E-state index in [2.05, 4.69) is 24.4 Å². The molecule has 3 aliphatic carbocycles. The number of carboxylic acid groups (broad SMARTS) is 1. The number of fused-ring (bicyclic) bond motifs is 5. The highest BCUT2D eigenvalue weighted by Crippen LogP contribution is 2.59. The molecule has 0 aromatic rings. The Hall–Kier alpha value is -1.52. The summed E-state index contributed by atoms with van der Waals surface area (Å²) in [4.78, 5) is 25.6. The topological polar surface area (TPSA) is 69.6 Å². The van der Waals surface area contributed by atoms with Gasteiger partial charge in [0.25, 0.3) is 0 Å². The van der Waals surface area contributed by atoms with Gasteiger partial charge in [0, 0.05) is 19.1 Å². The first-order chi connectivity index (χ1) is 11.0. The lowest BCUT2D eigenvalue weighted by Gasteiger charge is -2.32. The molecular weight excluding hydrogens is 292 g/mol. The minimum Gasteiger partial charge on any atom is -0.481 e. The minimum atomic E-state index is -0.696. The van der Waals surface area contributed by atoms with Crippen LogP contribution in [0.15, 0.2) is 12.2 Å². The summed E-state index contributed by atoms with van der Waals surface area (Å²) in [5.41, 5.74) is 0.262. The predicted molar refractivity (Wildman–Crippen MR) is 85.8 cm³/mol. The van der Waals surface area contributed by atoms with Crippen molar-refractivity contribution < 1.29 is 14.7 Å². The van der Waals surface area contributed by atoms with Crippen LogP contribution >= 0.6 is 0 Å². The van der Waals surface area contributed by atoms with Crippen LogP contribution in [-0.2, 0) is 4.79 Å². The first-order valence-corrected chi connectivity index (χ1v) is 8.94. The van der Waals surface area contributed by atoms with E-state index in [0.29, 0.717) is 30.6 Å². The molecule has 2 amide bonds. The van der Waals surface area contributed by atoms with Crippen molar-refractivity contribution in [2.24, 2.45) is 29.1 Å². The number of hydrogen-bond acceptors (Lipinski definition) is 2. The third kappa shape index (κ3) is 2.36. The van der Waals surface area contributed by atoms with E-state index in [4.69, 9.17) is 5.11 Å². The number of amides is 2. The fourth-order valence-electron chi connectivity index (χ4n) is 5.48. The first-order valence-electron chi connectivity index (χ1n) is 8.94. The van der Waals surface area contributed by atoms with E-state index in [1.54, 1.807) is 0 Å². The van der Waals surface area contributed by atoms with Crippen LogP contribution in [0.4, 0.5) is 4.79 Å². The van der Waals surface area contributed by atoms with E-state index in [1.165, 1.54) is 6.42 Å². The molecule has 0 radical (unpaired) electrons. The molecule has 0 aromatic heterocycles. The summed E-state index contributed by atoms with van der Waals surface area (Å²) in [5.74, 6) is 0.994. The quantitative estimate of drug-likeness (QED) is 0.769. The van der Waals surface area contributed by atoms with Crippen molar-refractivity contribution in [1.29, 1.82) is 0 Å². The highest BCUT2D eigenvalue weighted by molar-refractivity contribution is 5.75. The maximum Gasteiger partial charge on any atom is 0.317 e. The molecule has 126 valence electrons. The molecule has 4 aliphatic rings. The van der Waals surface area contributed by atoms with E-state index < -0.39 is 5.97 Å². The molecule has 1 unspecified atom stereocenters. The molecule has 1 heterocycles. The largest absolute Gasteiger partial charge is 0.481 e. The van der Waals surface area contributed by atoms with Crippen LogP contribution in [0.5, 0.6) is 0 Å². The number of carbonyl (C=O) groups is 2. The Bertz CT molecular complexity index is 552. The van der Waals surface area contributed by atoms with E-state index in [9.17, 15) is 9.59 Å². The van der Waals surface area contributed by atoms with E-state index in [0.717, 1.165) is 25.9 Å². The molecule has 1 saturated heterocycles. The van der Waals surface area contributed by atoms with Crippen molar-refractivity contribution in [1.82, 2.24) is 10.2 Å². The minimum absolute atomic E-state index is 0.0544. The highest BCUT2D eigenvalue weighted by atomic mass is 16.4. The van der Waals surface area contributed by atoms with E-state index in [-0.39, 0.29) is 23.4 Å². The first kappa shape index (κ1) is 15.0. The molecule has 0 aromatic carbocycles. The Morgan fingerprint density at radius 1 is 1.22 bits per heavy atom. The summed E-state index contributed by atoms with van der Waals surface area (Å²) in [5, 5.41) is 12.2. The zero-order chi connectivity index (χ0) is 16.2. The molecule has 2 bridgehead atoms. The van der Waals surface area contributed by atoms with Crippen LogP contribution in [0.2, 0.25) is 0 Å². The highest BCUT2D eigenvalue weighted by Gasteiger charge is 2.58. The van der Waals surface area contributed by atoms with Gasteiger partial charge in [-0.25, -0.2) is 4.79 Å². The van der Waals surface area contributed by atoms with Crippen LogP contribution in [0.25, 0.3) is 0 Å². The van der Waals surface area contributed by atoms with Crippen LogP contribution in [0, 0.1) is 29.1 Å². The smallest absolute Gasteiger partial charge is 0.317 e. The van der Waals surface area contributed by atoms with Gasteiger partial charge < -0.3 is 15.3 Å². The Morgan fingerprint density at radius 2 is 1.96 bits per heavy atom. The van der Waals surface area contributed by atoms with Crippen molar-refractivity contribution in [3.8, 4) is 0 Å². The zero-order valence-corrected chi connectivity index (χ0v) is 13.7. The second-order valence-corrected chi connectivity index (χ2v) is 8.22. The Balaban J connectivity index is 1.33. The number of hydrogen-bond donors (Lipinski definition) is 2. The van der Waals surface area contributed by atoms with Gasteiger partial charge in [-0.2, -0.15) is 0 Å². The summed E-state index contributed by atoms with van der Waals surface area (Å²) < 4.78 is 0.